The number of carbonyl (C=O) groups is 1. The first kappa shape index (κ1) is 22.4. The van der Waals surface area contributed by atoms with Crippen LogP contribution in [0.2, 0.25) is 0 Å². The minimum Gasteiger partial charge on any atom is -0.478 e. The molecule has 3 aromatic rings. The molecule has 2 N–H and O–H groups in total. The van der Waals surface area contributed by atoms with Crippen LogP contribution in [-0.2, 0) is 22.6 Å². The Morgan fingerprint density at radius 3 is 2.59 bits per heavy atom. The molecule has 0 unspecified atom stereocenters. The van der Waals surface area contributed by atoms with Crippen LogP contribution in [0.15, 0.2) is 23.2 Å². The predicted octanol–water partition coefficient (Wildman–Crippen LogP) is 4.09. The van der Waals surface area contributed by atoms with E-state index in [0.717, 1.165) is 17.8 Å². The van der Waals surface area contributed by atoms with Crippen LogP contribution in [0.4, 0.5) is 19.0 Å². The molecule has 0 spiro atoms. The van der Waals surface area contributed by atoms with E-state index in [1.54, 1.807) is 0 Å². The maximum absolute atomic E-state index is 12.9. The van der Waals surface area contributed by atoms with Crippen LogP contribution >= 0.6 is 11.3 Å². The van der Waals surface area contributed by atoms with Gasteiger partial charge in [-0.05, 0) is 25.0 Å². The number of fused-ring (bicyclic) bond motifs is 1. The van der Waals surface area contributed by atoms with E-state index >= 15 is 0 Å². The molecular weight excluding hydrogens is 469 g/mol. The minimum atomic E-state index is -4.75. The lowest BCUT2D eigenvalue weighted by atomic mass is 10.1. The Bertz CT molecular complexity index is 1320. The van der Waals surface area contributed by atoms with Crippen molar-refractivity contribution in [2.45, 2.75) is 43.3 Å². The van der Waals surface area contributed by atoms with E-state index in [0.29, 0.717) is 28.5 Å². The van der Waals surface area contributed by atoms with Crippen LogP contribution in [0.1, 0.15) is 52.3 Å². The van der Waals surface area contributed by atoms with Crippen molar-refractivity contribution in [2.75, 3.05) is 11.1 Å². The number of aromatic nitrogens is 3. The average Bonchev–Trinajstić information content (AvgIpc) is 3.50. The highest BCUT2D eigenvalue weighted by atomic mass is 32.2. The Balaban J connectivity index is 1.72. The molecule has 0 bridgehead atoms. The fraction of sp³-hybridized carbons (Fsp3) is 0.368. The van der Waals surface area contributed by atoms with Gasteiger partial charge in [0.2, 0.25) is 0 Å². The predicted molar refractivity (Wildman–Crippen MR) is 111 cm³/mol. The topological polar surface area (TPSA) is 122 Å². The van der Waals surface area contributed by atoms with Crippen LogP contribution in [0.3, 0.4) is 0 Å². The second kappa shape index (κ2) is 7.96. The van der Waals surface area contributed by atoms with Crippen molar-refractivity contribution in [3.05, 3.63) is 40.2 Å². The summed E-state index contributed by atoms with van der Waals surface area (Å²) in [6, 6.07) is 1.92. The molecule has 1 aliphatic rings. The highest BCUT2D eigenvalue weighted by molar-refractivity contribution is 7.91. The summed E-state index contributed by atoms with van der Waals surface area (Å²) in [7, 11) is -3.72. The van der Waals surface area contributed by atoms with Gasteiger partial charge in [-0.15, -0.1) is 0 Å². The van der Waals surface area contributed by atoms with E-state index in [1.807, 2.05) is 0 Å². The third-order valence-corrected chi connectivity index (χ3v) is 7.83. The molecule has 4 rings (SSSR count). The summed E-state index contributed by atoms with van der Waals surface area (Å²) in [5, 5.41) is 13.0. The smallest absolute Gasteiger partial charge is 0.417 e. The number of alkyl halides is 3. The Hall–Kier alpha value is -2.80. The van der Waals surface area contributed by atoms with Crippen molar-refractivity contribution < 1.29 is 31.5 Å². The molecular formula is C19H17F3N4O4S2. The highest BCUT2D eigenvalue weighted by Gasteiger charge is 2.33. The molecule has 1 aliphatic carbocycles. The third kappa shape index (κ3) is 4.39. The summed E-state index contributed by atoms with van der Waals surface area (Å²) in [5.41, 5.74) is -1.56. The van der Waals surface area contributed by atoms with Crippen LogP contribution in [-0.4, -0.2) is 40.2 Å². The van der Waals surface area contributed by atoms with Crippen molar-refractivity contribution in [2.24, 2.45) is 0 Å². The number of rotatable bonds is 7. The lowest BCUT2D eigenvalue weighted by Gasteiger charge is -2.13. The zero-order valence-corrected chi connectivity index (χ0v) is 18.2. The average molecular weight is 486 g/mol. The van der Waals surface area contributed by atoms with Gasteiger partial charge in [0.05, 0.1) is 34.1 Å². The van der Waals surface area contributed by atoms with Gasteiger partial charge in [-0.25, -0.2) is 23.2 Å². The number of aromatic carboxylic acids is 1. The van der Waals surface area contributed by atoms with Gasteiger partial charge in [0.15, 0.2) is 9.84 Å². The first-order chi connectivity index (χ1) is 15.0. The SMILES string of the molecule is CCS(=O)(=O)c1cc2nc(C3CC3)sc2nc1NCc1ncc(C(F)(F)F)cc1C(=O)O. The molecule has 0 aliphatic heterocycles. The van der Waals surface area contributed by atoms with Gasteiger partial charge in [0, 0.05) is 12.1 Å². The zero-order chi connectivity index (χ0) is 23.3. The molecule has 0 radical (unpaired) electrons. The number of pyridine rings is 2. The van der Waals surface area contributed by atoms with Gasteiger partial charge in [0.1, 0.15) is 21.1 Å². The summed E-state index contributed by atoms with van der Waals surface area (Å²) in [6.07, 6.45) is -2.18. The maximum atomic E-state index is 12.9. The standard InChI is InChI=1S/C19H17F3N4O4S2/c1-2-32(29,30)14-6-12-17(31-16(25-12)9-3-4-9)26-15(14)24-8-13-11(18(27)28)5-10(7-23-13)19(20,21)22/h5-7,9H,2-4,8H2,1H3,(H,24,26)(H,27,28). The van der Waals surface area contributed by atoms with Crippen molar-refractivity contribution in [3.63, 3.8) is 0 Å². The molecule has 32 heavy (non-hydrogen) atoms. The van der Waals surface area contributed by atoms with Gasteiger partial charge in [-0.1, -0.05) is 18.3 Å². The summed E-state index contributed by atoms with van der Waals surface area (Å²) in [4.78, 5) is 24.4. The van der Waals surface area contributed by atoms with Crippen LogP contribution in [0.25, 0.3) is 10.3 Å². The fourth-order valence-corrected chi connectivity index (χ4v) is 5.13. The normalized spacial score (nSPS) is 14.6. The van der Waals surface area contributed by atoms with Crippen LogP contribution in [0, 0.1) is 0 Å². The number of nitrogens with one attached hydrogen (secondary N) is 1. The Morgan fingerprint density at radius 1 is 1.28 bits per heavy atom. The number of nitrogens with zero attached hydrogens (tertiary/aromatic N) is 3. The van der Waals surface area contributed by atoms with Gasteiger partial charge < -0.3 is 10.4 Å². The number of anilines is 1. The Morgan fingerprint density at radius 2 is 2.00 bits per heavy atom. The molecule has 0 amide bonds. The van der Waals surface area contributed by atoms with E-state index in [9.17, 15) is 31.5 Å². The van der Waals surface area contributed by atoms with Gasteiger partial charge in [0.25, 0.3) is 0 Å². The molecule has 3 heterocycles. The molecule has 1 fully saturated rings. The number of sulfone groups is 1. The number of carboxylic acids is 1. The molecule has 0 aromatic carbocycles. The summed E-state index contributed by atoms with van der Waals surface area (Å²) in [6.45, 7) is 1.14. The quantitative estimate of drug-likeness (QED) is 0.512. The third-order valence-electron chi connectivity index (χ3n) is 4.96. The molecule has 8 nitrogen and oxygen atoms in total. The van der Waals surface area contributed by atoms with Gasteiger partial charge >= 0.3 is 12.1 Å². The number of thiazole rings is 1. The second-order valence-electron chi connectivity index (χ2n) is 7.26. The lowest BCUT2D eigenvalue weighted by molar-refractivity contribution is -0.137. The number of halogens is 3. The summed E-state index contributed by atoms with van der Waals surface area (Å²) in [5.74, 6) is -1.45. The zero-order valence-electron chi connectivity index (χ0n) is 16.6. The molecule has 0 atom stereocenters. The summed E-state index contributed by atoms with van der Waals surface area (Å²) < 4.78 is 64.0. The molecule has 1 saturated carbocycles. The van der Waals surface area contributed by atoms with E-state index in [4.69, 9.17) is 0 Å². The van der Waals surface area contributed by atoms with E-state index < -0.39 is 33.1 Å². The number of hydrogen-bond donors (Lipinski definition) is 2. The van der Waals surface area contributed by atoms with Gasteiger partial charge in [-0.2, -0.15) is 13.2 Å². The minimum absolute atomic E-state index is 0.0246. The highest BCUT2D eigenvalue weighted by Crippen LogP contribution is 2.43. The molecule has 3 aromatic heterocycles. The fourth-order valence-electron chi connectivity index (χ4n) is 3.03. The van der Waals surface area contributed by atoms with Gasteiger partial charge in [-0.3, -0.25) is 4.98 Å². The Labute approximate surface area is 184 Å². The number of carboxylic acid groups (broad SMARTS) is 1. The molecule has 170 valence electrons. The monoisotopic (exact) mass is 486 g/mol. The number of hydrogen-bond acceptors (Lipinski definition) is 8. The van der Waals surface area contributed by atoms with Crippen molar-refractivity contribution in [3.8, 4) is 0 Å². The van der Waals surface area contributed by atoms with Crippen molar-refractivity contribution in [1.82, 2.24) is 15.0 Å². The first-order valence-electron chi connectivity index (χ1n) is 9.57. The lowest BCUT2D eigenvalue weighted by Crippen LogP contribution is -2.15. The second-order valence-corrected chi connectivity index (χ2v) is 10.5. The van der Waals surface area contributed by atoms with Crippen molar-refractivity contribution in [1.29, 1.82) is 0 Å². The van der Waals surface area contributed by atoms with Crippen molar-refractivity contribution >= 4 is 43.3 Å². The Kier molecular flexibility index (Phi) is 5.57. The van der Waals surface area contributed by atoms with E-state index in [-0.39, 0.29) is 28.7 Å². The van der Waals surface area contributed by atoms with E-state index in [1.165, 1.54) is 24.3 Å². The largest absolute Gasteiger partial charge is 0.478 e. The maximum Gasteiger partial charge on any atom is 0.417 e. The summed E-state index contributed by atoms with van der Waals surface area (Å²) >= 11 is 1.35. The molecule has 13 heteroatoms. The van der Waals surface area contributed by atoms with Crippen LogP contribution in [0.5, 0.6) is 0 Å². The van der Waals surface area contributed by atoms with Crippen LogP contribution < -0.4 is 5.32 Å². The first-order valence-corrected chi connectivity index (χ1v) is 12.0. The van der Waals surface area contributed by atoms with E-state index in [2.05, 4.69) is 20.3 Å². The molecule has 0 saturated heterocycles.